The summed E-state index contributed by atoms with van der Waals surface area (Å²) in [5, 5.41) is 14.3. The Labute approximate surface area is 143 Å². The smallest absolute Gasteiger partial charge is 0.253 e. The molecular weight excluding hydrogens is 360 g/mol. The number of anilines is 1. The number of hydrogen-bond acceptors (Lipinski definition) is 4. The monoisotopic (exact) mass is 376 g/mol. The molecule has 7 heteroatoms. The van der Waals surface area contributed by atoms with Gasteiger partial charge < -0.3 is 10.6 Å². The number of allylic oxidation sites excluding steroid dienone is 1. The molecular formula is C16H17BrN4O2. The summed E-state index contributed by atoms with van der Waals surface area (Å²) in [5.74, 6) is -0.734. The van der Waals surface area contributed by atoms with Gasteiger partial charge in [-0.25, -0.2) is 0 Å². The van der Waals surface area contributed by atoms with Gasteiger partial charge in [0.1, 0.15) is 4.62 Å². The highest BCUT2D eigenvalue weighted by Gasteiger charge is 2.17. The van der Waals surface area contributed by atoms with Gasteiger partial charge in [-0.2, -0.15) is 5.26 Å². The van der Waals surface area contributed by atoms with Crippen LogP contribution >= 0.6 is 15.9 Å². The highest BCUT2D eigenvalue weighted by Crippen LogP contribution is 2.23. The lowest BCUT2D eigenvalue weighted by Crippen LogP contribution is -2.23. The molecule has 0 aliphatic carbocycles. The third kappa shape index (κ3) is 4.76. The van der Waals surface area contributed by atoms with Crippen LogP contribution in [0.4, 0.5) is 5.69 Å². The molecule has 0 aliphatic heterocycles. The summed E-state index contributed by atoms with van der Waals surface area (Å²) < 4.78 is 0.535. The molecule has 0 fully saturated rings. The van der Waals surface area contributed by atoms with Crippen molar-refractivity contribution in [3.8, 4) is 6.07 Å². The molecule has 0 unspecified atom stereocenters. The van der Waals surface area contributed by atoms with Crippen molar-refractivity contribution in [3.05, 3.63) is 40.5 Å². The Kier molecular flexibility index (Phi) is 6.66. The number of aryl methyl sites for hydroxylation is 1. The number of carbonyl (C=O) groups excluding carboxylic acids is 2. The number of benzene rings is 1. The first-order chi connectivity index (χ1) is 10.8. The van der Waals surface area contributed by atoms with E-state index in [-0.39, 0.29) is 17.4 Å². The number of nitrogens with zero attached hydrogens (tertiary/aromatic N) is 2. The highest BCUT2D eigenvalue weighted by molar-refractivity contribution is 9.18. The van der Waals surface area contributed by atoms with Crippen LogP contribution in [0.3, 0.4) is 0 Å². The first-order valence-electron chi connectivity index (χ1n) is 6.72. The molecule has 0 saturated heterocycles. The summed E-state index contributed by atoms with van der Waals surface area (Å²) in [5.41, 5.74) is 2.03. The lowest BCUT2D eigenvalue weighted by atomic mass is 10.0. The molecule has 1 aromatic rings. The summed E-state index contributed by atoms with van der Waals surface area (Å²) in [6.07, 6.45) is 1.58. The maximum Gasteiger partial charge on any atom is 0.253 e. The van der Waals surface area contributed by atoms with E-state index in [1.807, 2.05) is 6.07 Å². The number of rotatable bonds is 4. The number of hydrogen-bond donors (Lipinski definition) is 2. The Hall–Kier alpha value is -2.46. The maximum atomic E-state index is 12.3. The third-order valence-electron chi connectivity index (χ3n) is 3.08. The molecule has 1 aromatic carbocycles. The van der Waals surface area contributed by atoms with E-state index in [1.54, 1.807) is 33.0 Å². The SMILES string of the molecule is CN=C(Br)/C=C(\C)C(=O)Nc1c(C)cc(C#N)cc1C(=O)NC. The van der Waals surface area contributed by atoms with Crippen LogP contribution in [0.25, 0.3) is 0 Å². The zero-order valence-electron chi connectivity index (χ0n) is 13.3. The van der Waals surface area contributed by atoms with E-state index >= 15 is 0 Å². The van der Waals surface area contributed by atoms with Gasteiger partial charge >= 0.3 is 0 Å². The second kappa shape index (κ2) is 8.25. The van der Waals surface area contributed by atoms with Crippen LogP contribution in [0, 0.1) is 18.3 Å². The molecule has 0 atom stereocenters. The Bertz CT molecular complexity index is 745. The van der Waals surface area contributed by atoms with Gasteiger partial charge in [0.25, 0.3) is 11.8 Å². The molecule has 0 heterocycles. The van der Waals surface area contributed by atoms with E-state index in [9.17, 15) is 9.59 Å². The van der Waals surface area contributed by atoms with Crippen LogP contribution < -0.4 is 10.6 Å². The molecule has 0 aromatic heterocycles. The second-order valence-electron chi connectivity index (χ2n) is 4.73. The largest absolute Gasteiger partial charge is 0.355 e. The summed E-state index contributed by atoms with van der Waals surface area (Å²) in [7, 11) is 3.09. The fourth-order valence-corrected chi connectivity index (χ4v) is 2.20. The lowest BCUT2D eigenvalue weighted by Gasteiger charge is -2.14. The number of amides is 2. The first kappa shape index (κ1) is 18.6. The first-order valence-corrected chi connectivity index (χ1v) is 7.52. The van der Waals surface area contributed by atoms with Gasteiger partial charge in [0, 0.05) is 19.7 Å². The fraction of sp³-hybridized carbons (Fsp3) is 0.250. The molecule has 2 N–H and O–H groups in total. The van der Waals surface area contributed by atoms with Gasteiger partial charge in [-0.1, -0.05) is 0 Å². The van der Waals surface area contributed by atoms with E-state index < -0.39 is 0 Å². The van der Waals surface area contributed by atoms with Crippen molar-refractivity contribution in [2.45, 2.75) is 13.8 Å². The summed E-state index contributed by atoms with van der Waals surface area (Å²) in [4.78, 5) is 28.2. The average Bonchev–Trinajstić information content (AvgIpc) is 2.54. The predicted molar refractivity (Wildman–Crippen MR) is 94.0 cm³/mol. The molecule has 0 saturated carbocycles. The van der Waals surface area contributed by atoms with Gasteiger partial charge in [-0.3, -0.25) is 14.6 Å². The van der Waals surface area contributed by atoms with E-state index in [0.717, 1.165) is 0 Å². The number of aliphatic imine (C=N–C) groups is 1. The number of halogens is 1. The van der Waals surface area contributed by atoms with Gasteiger partial charge in [-0.15, -0.1) is 0 Å². The van der Waals surface area contributed by atoms with Gasteiger partial charge in [0.15, 0.2) is 0 Å². The van der Waals surface area contributed by atoms with Crippen LogP contribution in [-0.2, 0) is 4.79 Å². The standard InChI is InChI=1S/C16H17BrN4O2/c1-9-5-11(8-18)7-12(16(23)20-4)14(9)21-15(22)10(2)6-13(17)19-3/h5-7H,1-4H3,(H,20,23)(H,21,22)/b10-6+,19-13?. The van der Waals surface area contributed by atoms with Crippen LogP contribution in [0.1, 0.15) is 28.4 Å². The van der Waals surface area contributed by atoms with Crippen molar-refractivity contribution in [2.24, 2.45) is 4.99 Å². The molecule has 0 bridgehead atoms. The number of nitrogens with one attached hydrogen (secondary N) is 2. The molecule has 6 nitrogen and oxygen atoms in total. The zero-order chi connectivity index (χ0) is 17.6. The minimum Gasteiger partial charge on any atom is -0.355 e. The number of carbonyl (C=O) groups is 2. The third-order valence-corrected chi connectivity index (χ3v) is 3.67. The van der Waals surface area contributed by atoms with Gasteiger partial charge in [-0.05, 0) is 53.5 Å². The van der Waals surface area contributed by atoms with Crippen LogP contribution in [0.15, 0.2) is 28.8 Å². The zero-order valence-corrected chi connectivity index (χ0v) is 14.9. The maximum absolute atomic E-state index is 12.3. The average molecular weight is 377 g/mol. The van der Waals surface area contributed by atoms with Crippen LogP contribution in [-0.4, -0.2) is 30.5 Å². The second-order valence-corrected chi connectivity index (χ2v) is 5.55. The van der Waals surface area contributed by atoms with Crippen molar-refractivity contribution >= 4 is 38.1 Å². The molecule has 0 radical (unpaired) electrons. The fourth-order valence-electron chi connectivity index (χ4n) is 1.85. The molecule has 120 valence electrons. The minimum absolute atomic E-state index is 0.244. The van der Waals surface area contributed by atoms with Gasteiger partial charge in [0.2, 0.25) is 0 Å². The van der Waals surface area contributed by atoms with E-state index in [1.165, 1.54) is 13.1 Å². The Morgan fingerprint density at radius 2 is 2.04 bits per heavy atom. The van der Waals surface area contributed by atoms with Crippen molar-refractivity contribution < 1.29 is 9.59 Å². The van der Waals surface area contributed by atoms with Gasteiger partial charge in [0.05, 0.1) is 22.9 Å². The topological polar surface area (TPSA) is 94.3 Å². The Morgan fingerprint density at radius 1 is 1.39 bits per heavy atom. The van der Waals surface area contributed by atoms with Crippen LogP contribution in [0.5, 0.6) is 0 Å². The highest BCUT2D eigenvalue weighted by atomic mass is 79.9. The lowest BCUT2D eigenvalue weighted by molar-refractivity contribution is -0.112. The van der Waals surface area contributed by atoms with Crippen molar-refractivity contribution in [1.29, 1.82) is 5.26 Å². The van der Waals surface area contributed by atoms with E-state index in [2.05, 4.69) is 31.6 Å². The summed E-state index contributed by atoms with van der Waals surface area (Å²) in [6.45, 7) is 3.37. The Morgan fingerprint density at radius 3 is 2.57 bits per heavy atom. The molecule has 1 rings (SSSR count). The summed E-state index contributed by atoms with van der Waals surface area (Å²) in [6, 6.07) is 5.06. The quantitative estimate of drug-likeness (QED) is 0.624. The number of nitriles is 1. The van der Waals surface area contributed by atoms with Crippen molar-refractivity contribution in [2.75, 3.05) is 19.4 Å². The molecule has 2 amide bonds. The predicted octanol–water partition coefficient (Wildman–Crippen LogP) is 2.53. The van der Waals surface area contributed by atoms with Crippen LogP contribution in [0.2, 0.25) is 0 Å². The molecule has 23 heavy (non-hydrogen) atoms. The van der Waals surface area contributed by atoms with Crippen molar-refractivity contribution in [1.82, 2.24) is 5.32 Å². The molecule has 0 aliphatic rings. The minimum atomic E-state index is -0.376. The Balaban J connectivity index is 3.28. The summed E-state index contributed by atoms with van der Waals surface area (Å²) >= 11 is 3.21. The van der Waals surface area contributed by atoms with Crippen molar-refractivity contribution in [3.63, 3.8) is 0 Å². The van der Waals surface area contributed by atoms with E-state index in [0.29, 0.717) is 27.0 Å². The van der Waals surface area contributed by atoms with E-state index in [4.69, 9.17) is 5.26 Å². The molecule has 0 spiro atoms. The normalized spacial score (nSPS) is 11.7.